The van der Waals surface area contributed by atoms with Crippen LogP contribution in [-0.4, -0.2) is 42.7 Å². The summed E-state index contributed by atoms with van der Waals surface area (Å²) in [4.78, 5) is 7.24. The number of rotatable bonds is 9. The number of methoxy groups -OCH3 is 1. The fourth-order valence-electron chi connectivity index (χ4n) is 3.81. The second-order valence-corrected chi connectivity index (χ2v) is 7.70. The highest BCUT2D eigenvalue weighted by atomic mass is 35.5. The van der Waals surface area contributed by atoms with E-state index in [0.717, 1.165) is 66.5 Å². The molecule has 0 aliphatic heterocycles. The molecule has 2 N–H and O–H groups in total. The van der Waals surface area contributed by atoms with Gasteiger partial charge in [-0.05, 0) is 74.8 Å². The first-order chi connectivity index (χ1) is 13.5. The average molecular weight is 400 g/mol. The lowest BCUT2D eigenvalue weighted by molar-refractivity contribution is 0.293. The SMILES string of the molecule is CCN(CC)CCCC(N)Cc1c2ccc(Cl)cc2nc2ccc(OC)cc12. The molecule has 3 aromatic rings. The summed E-state index contributed by atoms with van der Waals surface area (Å²) in [5.41, 5.74) is 9.65. The summed E-state index contributed by atoms with van der Waals surface area (Å²) in [5, 5.41) is 2.92. The van der Waals surface area contributed by atoms with Crippen molar-refractivity contribution in [1.82, 2.24) is 9.88 Å². The number of hydrogen-bond acceptors (Lipinski definition) is 4. The van der Waals surface area contributed by atoms with Crippen LogP contribution >= 0.6 is 11.6 Å². The minimum Gasteiger partial charge on any atom is -0.497 e. The molecule has 0 saturated heterocycles. The van der Waals surface area contributed by atoms with Gasteiger partial charge in [-0.3, -0.25) is 0 Å². The number of hydrogen-bond donors (Lipinski definition) is 1. The predicted molar refractivity (Wildman–Crippen MR) is 120 cm³/mol. The number of ether oxygens (including phenoxy) is 1. The van der Waals surface area contributed by atoms with Crippen LogP contribution in [0.15, 0.2) is 36.4 Å². The normalized spacial score (nSPS) is 12.8. The van der Waals surface area contributed by atoms with E-state index in [2.05, 4.69) is 30.9 Å². The zero-order valence-corrected chi connectivity index (χ0v) is 17.8. The molecule has 0 fully saturated rings. The van der Waals surface area contributed by atoms with Crippen molar-refractivity contribution >= 4 is 33.4 Å². The first-order valence-electron chi connectivity index (χ1n) is 10.1. The fourth-order valence-corrected chi connectivity index (χ4v) is 3.98. The van der Waals surface area contributed by atoms with Gasteiger partial charge in [0.25, 0.3) is 0 Å². The van der Waals surface area contributed by atoms with Crippen LogP contribution in [0.1, 0.15) is 32.3 Å². The van der Waals surface area contributed by atoms with Crippen LogP contribution in [0.3, 0.4) is 0 Å². The monoisotopic (exact) mass is 399 g/mol. The van der Waals surface area contributed by atoms with Crippen molar-refractivity contribution in [2.75, 3.05) is 26.7 Å². The number of benzene rings is 2. The third-order valence-corrected chi connectivity index (χ3v) is 5.70. The molecular weight excluding hydrogens is 370 g/mol. The van der Waals surface area contributed by atoms with E-state index in [1.165, 1.54) is 5.56 Å². The molecule has 5 heteroatoms. The molecule has 1 aromatic heterocycles. The van der Waals surface area contributed by atoms with Crippen molar-refractivity contribution in [3.63, 3.8) is 0 Å². The summed E-state index contributed by atoms with van der Waals surface area (Å²) in [6, 6.07) is 12.0. The molecule has 1 atom stereocenters. The Morgan fingerprint density at radius 1 is 1.07 bits per heavy atom. The number of aromatic nitrogens is 1. The molecule has 2 aromatic carbocycles. The Labute approximate surface area is 172 Å². The van der Waals surface area contributed by atoms with E-state index in [-0.39, 0.29) is 6.04 Å². The van der Waals surface area contributed by atoms with E-state index in [1.54, 1.807) is 7.11 Å². The lowest BCUT2D eigenvalue weighted by Gasteiger charge is -2.20. The van der Waals surface area contributed by atoms with Gasteiger partial charge in [-0.25, -0.2) is 4.98 Å². The minimum atomic E-state index is 0.103. The second-order valence-electron chi connectivity index (χ2n) is 7.27. The standard InChI is InChI=1S/C23H30ClN3O/c1-4-27(5-2)12-6-7-17(25)14-20-19-10-8-16(24)13-23(19)26-22-11-9-18(28-3)15-21(20)22/h8-11,13,15,17H,4-7,12,14,25H2,1-3H3. The Hall–Kier alpha value is -1.88. The molecule has 0 aliphatic carbocycles. The molecule has 1 unspecified atom stereocenters. The fraction of sp³-hybridized carbons (Fsp3) is 0.435. The Bertz CT molecular complexity index is 940. The van der Waals surface area contributed by atoms with Gasteiger partial charge in [0.1, 0.15) is 5.75 Å². The Morgan fingerprint density at radius 2 is 1.86 bits per heavy atom. The summed E-state index contributed by atoms with van der Waals surface area (Å²) in [5.74, 6) is 0.832. The zero-order valence-electron chi connectivity index (χ0n) is 17.0. The minimum absolute atomic E-state index is 0.103. The highest BCUT2D eigenvalue weighted by molar-refractivity contribution is 6.31. The smallest absolute Gasteiger partial charge is 0.119 e. The molecule has 0 aliphatic rings. The molecule has 0 spiro atoms. The van der Waals surface area contributed by atoms with Gasteiger partial charge in [0.05, 0.1) is 18.1 Å². The first-order valence-corrected chi connectivity index (χ1v) is 10.5. The third-order valence-electron chi connectivity index (χ3n) is 5.46. The van der Waals surface area contributed by atoms with E-state index in [9.17, 15) is 0 Å². The lowest BCUT2D eigenvalue weighted by atomic mass is 9.95. The van der Waals surface area contributed by atoms with E-state index in [1.807, 2.05) is 24.3 Å². The largest absolute Gasteiger partial charge is 0.497 e. The number of nitrogens with zero attached hydrogens (tertiary/aromatic N) is 2. The van der Waals surface area contributed by atoms with Crippen LogP contribution in [0.4, 0.5) is 0 Å². The summed E-state index contributed by atoms with van der Waals surface area (Å²) < 4.78 is 5.44. The highest BCUT2D eigenvalue weighted by Gasteiger charge is 2.14. The van der Waals surface area contributed by atoms with Gasteiger partial charge < -0.3 is 15.4 Å². The molecule has 0 bridgehead atoms. The second kappa shape index (κ2) is 9.55. The van der Waals surface area contributed by atoms with Crippen molar-refractivity contribution in [3.05, 3.63) is 47.0 Å². The average Bonchev–Trinajstić information content (AvgIpc) is 2.70. The summed E-state index contributed by atoms with van der Waals surface area (Å²) >= 11 is 6.21. The Morgan fingerprint density at radius 3 is 2.57 bits per heavy atom. The summed E-state index contributed by atoms with van der Waals surface area (Å²) in [6.45, 7) is 7.69. The summed E-state index contributed by atoms with van der Waals surface area (Å²) in [6.07, 6.45) is 2.92. The number of fused-ring (bicyclic) bond motifs is 2. The molecule has 4 nitrogen and oxygen atoms in total. The molecule has 0 saturated carbocycles. The zero-order chi connectivity index (χ0) is 20.1. The number of pyridine rings is 1. The lowest BCUT2D eigenvalue weighted by Crippen LogP contribution is -2.28. The molecular formula is C23H30ClN3O. The maximum atomic E-state index is 6.56. The van der Waals surface area contributed by atoms with Crippen molar-refractivity contribution in [2.24, 2.45) is 5.73 Å². The van der Waals surface area contributed by atoms with Gasteiger partial charge >= 0.3 is 0 Å². The molecule has 28 heavy (non-hydrogen) atoms. The van der Waals surface area contributed by atoms with E-state index < -0.39 is 0 Å². The van der Waals surface area contributed by atoms with Gasteiger partial charge in [-0.1, -0.05) is 31.5 Å². The first kappa shape index (κ1) is 20.8. The van der Waals surface area contributed by atoms with Gasteiger partial charge in [-0.2, -0.15) is 0 Å². The van der Waals surface area contributed by atoms with Crippen LogP contribution in [0.5, 0.6) is 5.75 Å². The number of nitrogens with two attached hydrogens (primary N) is 1. The van der Waals surface area contributed by atoms with Gasteiger partial charge in [0.15, 0.2) is 0 Å². The predicted octanol–water partition coefficient (Wildman–Crippen LogP) is 5.04. The van der Waals surface area contributed by atoms with Crippen LogP contribution in [0, 0.1) is 0 Å². The topological polar surface area (TPSA) is 51.4 Å². The maximum absolute atomic E-state index is 6.56. The van der Waals surface area contributed by atoms with Crippen LogP contribution in [-0.2, 0) is 6.42 Å². The van der Waals surface area contributed by atoms with Crippen molar-refractivity contribution in [3.8, 4) is 5.75 Å². The van der Waals surface area contributed by atoms with E-state index in [0.29, 0.717) is 5.02 Å². The Kier molecular flexibility index (Phi) is 7.11. The Balaban J connectivity index is 1.92. The van der Waals surface area contributed by atoms with Crippen molar-refractivity contribution in [1.29, 1.82) is 0 Å². The van der Waals surface area contributed by atoms with Crippen LogP contribution in [0.25, 0.3) is 21.8 Å². The molecule has 0 amide bonds. The van der Waals surface area contributed by atoms with Gasteiger partial charge in [0, 0.05) is 21.8 Å². The van der Waals surface area contributed by atoms with Crippen LogP contribution in [0.2, 0.25) is 5.02 Å². The van der Waals surface area contributed by atoms with Crippen molar-refractivity contribution < 1.29 is 4.74 Å². The number of halogens is 1. The third kappa shape index (κ3) is 4.75. The van der Waals surface area contributed by atoms with E-state index >= 15 is 0 Å². The van der Waals surface area contributed by atoms with Crippen molar-refractivity contribution in [2.45, 2.75) is 39.2 Å². The van der Waals surface area contributed by atoms with E-state index in [4.69, 9.17) is 27.1 Å². The molecule has 1 heterocycles. The summed E-state index contributed by atoms with van der Waals surface area (Å²) in [7, 11) is 1.69. The van der Waals surface area contributed by atoms with Crippen LogP contribution < -0.4 is 10.5 Å². The molecule has 0 radical (unpaired) electrons. The van der Waals surface area contributed by atoms with Gasteiger partial charge in [0.2, 0.25) is 0 Å². The van der Waals surface area contributed by atoms with Gasteiger partial charge in [-0.15, -0.1) is 0 Å². The molecule has 150 valence electrons. The highest BCUT2D eigenvalue weighted by Crippen LogP contribution is 2.31. The maximum Gasteiger partial charge on any atom is 0.119 e. The molecule has 3 rings (SSSR count). The quantitative estimate of drug-likeness (QED) is 0.512.